The first-order valence-electron chi connectivity index (χ1n) is 9.93. The van der Waals surface area contributed by atoms with Crippen molar-refractivity contribution in [2.45, 2.75) is 38.6 Å². The second-order valence-corrected chi connectivity index (χ2v) is 7.35. The van der Waals surface area contributed by atoms with Gasteiger partial charge in [-0.15, -0.1) is 0 Å². The number of aromatic nitrogens is 1. The number of carbonyl (C=O) groups excluding carboxylic acids is 1. The Morgan fingerprint density at radius 2 is 1.93 bits per heavy atom. The van der Waals surface area contributed by atoms with E-state index in [9.17, 15) is 4.79 Å². The van der Waals surface area contributed by atoms with Crippen molar-refractivity contribution in [3.05, 3.63) is 58.8 Å². The number of morpholine rings is 1. The number of aryl methyl sites for hydroxylation is 2. The second-order valence-electron chi connectivity index (χ2n) is 7.35. The number of benzene rings is 1. The van der Waals surface area contributed by atoms with Crippen LogP contribution in [0.15, 0.2) is 36.5 Å². The third-order valence-electron chi connectivity index (χ3n) is 5.43. The first-order valence-corrected chi connectivity index (χ1v) is 9.93. The molecule has 1 fully saturated rings. The third-order valence-corrected chi connectivity index (χ3v) is 5.43. The fourth-order valence-electron chi connectivity index (χ4n) is 3.97. The molecule has 1 aromatic heterocycles. The molecule has 2 aliphatic rings. The molecule has 2 heterocycles. The van der Waals surface area contributed by atoms with Gasteiger partial charge in [-0.3, -0.25) is 4.79 Å². The first kappa shape index (κ1) is 18.0. The van der Waals surface area contributed by atoms with Crippen LogP contribution in [-0.2, 0) is 35.3 Å². The van der Waals surface area contributed by atoms with Gasteiger partial charge < -0.3 is 15.0 Å². The Morgan fingerprint density at radius 3 is 2.78 bits per heavy atom. The number of amides is 1. The van der Waals surface area contributed by atoms with Gasteiger partial charge in [-0.05, 0) is 48.4 Å². The van der Waals surface area contributed by atoms with E-state index in [-0.39, 0.29) is 5.91 Å². The molecule has 27 heavy (non-hydrogen) atoms. The molecule has 0 atom stereocenters. The van der Waals surface area contributed by atoms with Crippen molar-refractivity contribution in [1.29, 1.82) is 0 Å². The average molecular weight is 365 g/mol. The van der Waals surface area contributed by atoms with Gasteiger partial charge >= 0.3 is 0 Å². The van der Waals surface area contributed by atoms with Crippen molar-refractivity contribution in [2.24, 2.45) is 0 Å². The summed E-state index contributed by atoms with van der Waals surface area (Å²) in [6.45, 7) is 3.63. The van der Waals surface area contributed by atoms with Crippen LogP contribution in [0.1, 0.15) is 35.1 Å². The van der Waals surface area contributed by atoms with Crippen LogP contribution in [0.4, 0.5) is 5.82 Å². The maximum absolute atomic E-state index is 12.5. The van der Waals surface area contributed by atoms with E-state index in [4.69, 9.17) is 4.74 Å². The van der Waals surface area contributed by atoms with Crippen LogP contribution in [0, 0.1) is 0 Å². The Morgan fingerprint density at radius 1 is 1.11 bits per heavy atom. The van der Waals surface area contributed by atoms with Gasteiger partial charge in [0.05, 0.1) is 19.6 Å². The predicted molar refractivity (Wildman–Crippen MR) is 106 cm³/mol. The Balaban J connectivity index is 1.37. The van der Waals surface area contributed by atoms with Gasteiger partial charge in [0, 0.05) is 31.4 Å². The molecule has 4 rings (SSSR count). The zero-order valence-electron chi connectivity index (χ0n) is 15.7. The maximum atomic E-state index is 12.5. The molecule has 2 aromatic rings. The minimum Gasteiger partial charge on any atom is -0.378 e. The van der Waals surface area contributed by atoms with E-state index in [0.29, 0.717) is 13.0 Å². The Kier molecular flexibility index (Phi) is 5.68. The largest absolute Gasteiger partial charge is 0.378 e. The van der Waals surface area contributed by atoms with Gasteiger partial charge in [-0.2, -0.15) is 0 Å². The number of nitrogens with zero attached hydrogens (tertiary/aromatic N) is 2. The van der Waals surface area contributed by atoms with Gasteiger partial charge in [-0.1, -0.05) is 24.3 Å². The first-order chi connectivity index (χ1) is 13.3. The van der Waals surface area contributed by atoms with Gasteiger partial charge in [0.1, 0.15) is 5.82 Å². The van der Waals surface area contributed by atoms with Crippen LogP contribution in [0.3, 0.4) is 0 Å². The fraction of sp³-hybridized carbons (Fsp3) is 0.455. The highest BCUT2D eigenvalue weighted by atomic mass is 16.5. The van der Waals surface area contributed by atoms with E-state index in [0.717, 1.165) is 49.7 Å². The lowest BCUT2D eigenvalue weighted by molar-refractivity contribution is -0.120. The van der Waals surface area contributed by atoms with Crippen LogP contribution in [0.25, 0.3) is 0 Å². The average Bonchev–Trinajstić information content (AvgIpc) is 2.73. The molecule has 5 heteroatoms. The molecule has 1 aliphatic carbocycles. The number of carbonyl (C=O) groups is 1. The van der Waals surface area contributed by atoms with Crippen molar-refractivity contribution in [1.82, 2.24) is 10.3 Å². The highest BCUT2D eigenvalue weighted by Gasteiger charge is 2.16. The van der Waals surface area contributed by atoms with Crippen molar-refractivity contribution in [3.63, 3.8) is 0 Å². The number of hydrogen-bond acceptors (Lipinski definition) is 4. The molecule has 1 aromatic carbocycles. The lowest BCUT2D eigenvalue weighted by Gasteiger charge is -2.29. The van der Waals surface area contributed by atoms with Crippen LogP contribution in [-0.4, -0.2) is 37.2 Å². The zero-order valence-corrected chi connectivity index (χ0v) is 15.7. The lowest BCUT2D eigenvalue weighted by atomic mass is 9.90. The SMILES string of the molecule is O=C(Cc1ccc2c(c1)CCCC2)NCc1cccnc1N1CCOCC1. The Hall–Kier alpha value is -2.40. The molecule has 0 saturated carbocycles. The van der Waals surface area contributed by atoms with Crippen LogP contribution >= 0.6 is 0 Å². The highest BCUT2D eigenvalue weighted by molar-refractivity contribution is 5.78. The number of ether oxygens (including phenoxy) is 1. The summed E-state index contributed by atoms with van der Waals surface area (Å²) in [5, 5.41) is 3.07. The summed E-state index contributed by atoms with van der Waals surface area (Å²) >= 11 is 0. The molecule has 5 nitrogen and oxygen atoms in total. The summed E-state index contributed by atoms with van der Waals surface area (Å²) in [6, 6.07) is 10.5. The topological polar surface area (TPSA) is 54.5 Å². The minimum absolute atomic E-state index is 0.0579. The second kappa shape index (κ2) is 8.53. The number of nitrogens with one attached hydrogen (secondary N) is 1. The third kappa shape index (κ3) is 4.48. The molecule has 0 radical (unpaired) electrons. The molecular weight excluding hydrogens is 338 g/mol. The summed E-state index contributed by atoms with van der Waals surface area (Å²) in [6.07, 6.45) is 7.09. The van der Waals surface area contributed by atoms with Crippen LogP contribution < -0.4 is 10.2 Å². The van der Waals surface area contributed by atoms with Crippen molar-refractivity contribution in [3.8, 4) is 0 Å². The Labute approximate surface area is 160 Å². The molecular formula is C22H27N3O2. The van der Waals surface area contributed by atoms with Crippen LogP contribution in [0.2, 0.25) is 0 Å². The monoisotopic (exact) mass is 365 g/mol. The quantitative estimate of drug-likeness (QED) is 0.885. The van der Waals surface area contributed by atoms with Crippen molar-refractivity contribution in [2.75, 3.05) is 31.2 Å². The van der Waals surface area contributed by atoms with E-state index in [2.05, 4.69) is 33.4 Å². The fourth-order valence-corrected chi connectivity index (χ4v) is 3.97. The standard InChI is InChI=1S/C22H27N3O2/c26-21(15-17-7-8-18-4-1-2-5-19(18)14-17)24-16-20-6-3-9-23-22(20)25-10-12-27-13-11-25/h3,6-9,14H,1-2,4-5,10-13,15-16H2,(H,24,26). The lowest BCUT2D eigenvalue weighted by Crippen LogP contribution is -2.38. The van der Waals surface area contributed by atoms with Crippen molar-refractivity contribution >= 4 is 11.7 Å². The molecule has 142 valence electrons. The number of rotatable bonds is 5. The molecule has 1 aliphatic heterocycles. The number of fused-ring (bicyclic) bond motifs is 1. The zero-order chi connectivity index (χ0) is 18.5. The van der Waals surface area contributed by atoms with Crippen molar-refractivity contribution < 1.29 is 9.53 Å². The van der Waals surface area contributed by atoms with E-state index >= 15 is 0 Å². The van der Waals surface area contributed by atoms with E-state index < -0.39 is 0 Å². The summed E-state index contributed by atoms with van der Waals surface area (Å²) in [7, 11) is 0. The molecule has 0 spiro atoms. The van der Waals surface area contributed by atoms with Crippen LogP contribution in [0.5, 0.6) is 0 Å². The number of hydrogen-bond donors (Lipinski definition) is 1. The number of pyridine rings is 1. The number of anilines is 1. The summed E-state index contributed by atoms with van der Waals surface area (Å²) < 4.78 is 5.43. The molecule has 1 saturated heterocycles. The van der Waals surface area contributed by atoms with Gasteiger partial charge in [0.25, 0.3) is 0 Å². The molecule has 0 unspecified atom stereocenters. The highest BCUT2D eigenvalue weighted by Crippen LogP contribution is 2.22. The normalized spacial score (nSPS) is 16.7. The van der Waals surface area contributed by atoms with E-state index in [1.165, 1.54) is 30.4 Å². The Bertz CT molecular complexity index is 800. The van der Waals surface area contributed by atoms with Gasteiger partial charge in [0.2, 0.25) is 5.91 Å². The maximum Gasteiger partial charge on any atom is 0.224 e. The predicted octanol–water partition coefficient (Wildman–Crippen LogP) is 2.66. The summed E-state index contributed by atoms with van der Waals surface area (Å²) in [5.41, 5.74) is 5.04. The summed E-state index contributed by atoms with van der Waals surface area (Å²) in [5.74, 6) is 1.01. The minimum atomic E-state index is 0.0579. The van der Waals surface area contributed by atoms with E-state index in [1.807, 2.05) is 18.3 Å². The molecule has 1 N–H and O–H groups in total. The molecule has 1 amide bonds. The van der Waals surface area contributed by atoms with Gasteiger partial charge in [-0.25, -0.2) is 4.98 Å². The van der Waals surface area contributed by atoms with Gasteiger partial charge in [0.15, 0.2) is 0 Å². The van der Waals surface area contributed by atoms with E-state index in [1.54, 1.807) is 0 Å². The molecule has 0 bridgehead atoms. The smallest absolute Gasteiger partial charge is 0.224 e. The summed E-state index contributed by atoms with van der Waals surface area (Å²) in [4.78, 5) is 19.2.